The van der Waals surface area contributed by atoms with Gasteiger partial charge >= 0.3 is 0 Å². The summed E-state index contributed by atoms with van der Waals surface area (Å²) in [6.45, 7) is 8.15. The number of anilines is 1. The minimum Gasteiger partial charge on any atom is -0.354 e. The Kier molecular flexibility index (Phi) is 2.48. The summed E-state index contributed by atoms with van der Waals surface area (Å²) >= 11 is 0. The predicted molar refractivity (Wildman–Crippen MR) is 67.5 cm³/mol. The lowest BCUT2D eigenvalue weighted by Crippen LogP contribution is -2.44. The fourth-order valence-electron chi connectivity index (χ4n) is 2.31. The fourth-order valence-corrected chi connectivity index (χ4v) is 2.31. The summed E-state index contributed by atoms with van der Waals surface area (Å²) in [6.07, 6.45) is 0. The second kappa shape index (κ2) is 4.00. The molecule has 0 atom stereocenters. The van der Waals surface area contributed by atoms with Crippen LogP contribution in [-0.2, 0) is 0 Å². The molecule has 0 amide bonds. The van der Waals surface area contributed by atoms with E-state index in [2.05, 4.69) is 26.4 Å². The van der Waals surface area contributed by atoms with E-state index in [0.717, 1.165) is 49.0 Å². The number of hydrogen-bond donors (Lipinski definition) is 1. The van der Waals surface area contributed by atoms with Gasteiger partial charge < -0.3 is 10.2 Å². The maximum absolute atomic E-state index is 4.52. The van der Waals surface area contributed by atoms with E-state index in [4.69, 9.17) is 0 Å². The van der Waals surface area contributed by atoms with Gasteiger partial charge in [0.25, 0.3) is 0 Å². The van der Waals surface area contributed by atoms with Gasteiger partial charge in [0.15, 0.2) is 5.65 Å². The van der Waals surface area contributed by atoms with E-state index < -0.39 is 0 Å². The third-order valence-corrected chi connectivity index (χ3v) is 3.10. The van der Waals surface area contributed by atoms with Crippen LogP contribution in [0.5, 0.6) is 0 Å². The SMILES string of the molecule is Cc1cc(N2CCNCC2)n2nc(C)cc2n1. The minimum absolute atomic E-state index is 0.941. The predicted octanol–water partition coefficient (Wildman–Crippen LogP) is 0.756. The van der Waals surface area contributed by atoms with Gasteiger partial charge in [-0.05, 0) is 13.8 Å². The number of hydrogen-bond acceptors (Lipinski definition) is 4. The smallest absolute Gasteiger partial charge is 0.157 e. The van der Waals surface area contributed by atoms with Crippen LogP contribution in [0.3, 0.4) is 0 Å². The van der Waals surface area contributed by atoms with E-state index in [1.165, 1.54) is 0 Å². The van der Waals surface area contributed by atoms with Crippen molar-refractivity contribution in [1.29, 1.82) is 0 Å². The van der Waals surface area contributed by atoms with Gasteiger partial charge in [-0.25, -0.2) is 4.98 Å². The van der Waals surface area contributed by atoms with Crippen molar-refractivity contribution in [3.8, 4) is 0 Å². The summed E-state index contributed by atoms with van der Waals surface area (Å²) in [4.78, 5) is 6.88. The van der Waals surface area contributed by atoms with Crippen molar-refractivity contribution in [3.63, 3.8) is 0 Å². The van der Waals surface area contributed by atoms with Gasteiger partial charge in [-0.3, -0.25) is 0 Å². The van der Waals surface area contributed by atoms with E-state index in [1.807, 2.05) is 24.4 Å². The van der Waals surface area contributed by atoms with Crippen molar-refractivity contribution in [2.75, 3.05) is 31.1 Å². The average molecular weight is 231 g/mol. The van der Waals surface area contributed by atoms with Gasteiger partial charge in [-0.1, -0.05) is 0 Å². The van der Waals surface area contributed by atoms with Gasteiger partial charge in [-0.15, -0.1) is 0 Å². The molecule has 0 radical (unpaired) electrons. The molecule has 5 nitrogen and oxygen atoms in total. The summed E-state index contributed by atoms with van der Waals surface area (Å²) in [5.74, 6) is 1.15. The minimum atomic E-state index is 0.941. The first-order valence-electron chi connectivity index (χ1n) is 6.04. The summed E-state index contributed by atoms with van der Waals surface area (Å²) in [5, 5.41) is 7.89. The molecule has 1 aliphatic heterocycles. The molecule has 90 valence electrons. The lowest BCUT2D eigenvalue weighted by molar-refractivity contribution is 0.579. The highest BCUT2D eigenvalue weighted by molar-refractivity contribution is 5.52. The summed E-state index contributed by atoms with van der Waals surface area (Å²) in [7, 11) is 0. The van der Waals surface area contributed by atoms with E-state index in [1.54, 1.807) is 0 Å². The molecule has 1 N–H and O–H groups in total. The highest BCUT2D eigenvalue weighted by atomic mass is 15.4. The molecule has 2 aromatic heterocycles. The third kappa shape index (κ3) is 1.86. The maximum atomic E-state index is 4.52. The fraction of sp³-hybridized carbons (Fsp3) is 0.500. The first kappa shape index (κ1) is 10.5. The Hall–Kier alpha value is -1.62. The molecule has 1 saturated heterocycles. The van der Waals surface area contributed by atoms with Crippen molar-refractivity contribution < 1.29 is 0 Å². The number of piperazine rings is 1. The molecule has 0 bridgehead atoms. The van der Waals surface area contributed by atoms with Crippen LogP contribution in [0.25, 0.3) is 5.65 Å². The van der Waals surface area contributed by atoms with Gasteiger partial charge in [0.1, 0.15) is 5.82 Å². The normalized spacial score (nSPS) is 16.7. The Bertz CT molecular complexity index is 539. The Balaban J connectivity index is 2.12. The standard InChI is InChI=1S/C12H17N5/c1-9-8-12(16-5-3-13-4-6-16)17-11(14-9)7-10(2)15-17/h7-8,13H,3-6H2,1-2H3. The van der Waals surface area contributed by atoms with Crippen LogP contribution in [0.15, 0.2) is 12.1 Å². The Morgan fingerprint density at radius 2 is 1.88 bits per heavy atom. The summed E-state index contributed by atoms with van der Waals surface area (Å²) in [6, 6.07) is 4.14. The summed E-state index contributed by atoms with van der Waals surface area (Å²) < 4.78 is 1.95. The molecule has 2 aromatic rings. The largest absolute Gasteiger partial charge is 0.354 e. The molecule has 0 aliphatic carbocycles. The second-order valence-electron chi connectivity index (χ2n) is 4.55. The number of aryl methyl sites for hydroxylation is 2. The topological polar surface area (TPSA) is 45.5 Å². The number of aromatic nitrogens is 3. The highest BCUT2D eigenvalue weighted by Gasteiger charge is 2.15. The van der Waals surface area contributed by atoms with Crippen LogP contribution < -0.4 is 10.2 Å². The number of rotatable bonds is 1. The van der Waals surface area contributed by atoms with Crippen LogP contribution >= 0.6 is 0 Å². The lowest BCUT2D eigenvalue weighted by Gasteiger charge is -2.29. The number of nitrogens with zero attached hydrogens (tertiary/aromatic N) is 4. The van der Waals surface area contributed by atoms with Crippen LogP contribution in [-0.4, -0.2) is 40.8 Å². The Morgan fingerprint density at radius 3 is 2.65 bits per heavy atom. The van der Waals surface area contributed by atoms with E-state index in [9.17, 15) is 0 Å². The van der Waals surface area contributed by atoms with E-state index in [-0.39, 0.29) is 0 Å². The second-order valence-corrected chi connectivity index (χ2v) is 4.55. The van der Waals surface area contributed by atoms with Crippen LogP contribution in [0, 0.1) is 13.8 Å². The molecule has 1 fully saturated rings. The average Bonchev–Trinajstić information content (AvgIpc) is 2.69. The molecule has 0 aromatic carbocycles. The van der Waals surface area contributed by atoms with E-state index in [0.29, 0.717) is 0 Å². The molecule has 3 rings (SSSR count). The molecule has 3 heterocycles. The van der Waals surface area contributed by atoms with Crippen molar-refractivity contribution in [3.05, 3.63) is 23.5 Å². The van der Waals surface area contributed by atoms with Gasteiger partial charge in [0.05, 0.1) is 5.69 Å². The van der Waals surface area contributed by atoms with Crippen LogP contribution in [0.4, 0.5) is 5.82 Å². The van der Waals surface area contributed by atoms with Gasteiger partial charge in [-0.2, -0.15) is 9.61 Å². The maximum Gasteiger partial charge on any atom is 0.157 e. The molecule has 0 saturated carbocycles. The van der Waals surface area contributed by atoms with Crippen molar-refractivity contribution in [2.45, 2.75) is 13.8 Å². The molecule has 1 aliphatic rings. The molecular formula is C12H17N5. The third-order valence-electron chi connectivity index (χ3n) is 3.10. The van der Waals surface area contributed by atoms with Crippen molar-refractivity contribution >= 4 is 11.5 Å². The quantitative estimate of drug-likeness (QED) is 0.787. The van der Waals surface area contributed by atoms with Gasteiger partial charge in [0.2, 0.25) is 0 Å². The first-order chi connectivity index (χ1) is 8.24. The monoisotopic (exact) mass is 231 g/mol. The highest BCUT2D eigenvalue weighted by Crippen LogP contribution is 2.18. The zero-order chi connectivity index (χ0) is 11.8. The molecule has 5 heteroatoms. The molecule has 0 unspecified atom stereocenters. The van der Waals surface area contributed by atoms with Gasteiger partial charge in [0, 0.05) is 44.0 Å². The number of fused-ring (bicyclic) bond motifs is 1. The zero-order valence-corrected chi connectivity index (χ0v) is 10.3. The molecule has 17 heavy (non-hydrogen) atoms. The van der Waals surface area contributed by atoms with Crippen LogP contribution in [0.1, 0.15) is 11.4 Å². The summed E-state index contributed by atoms with van der Waals surface area (Å²) in [5.41, 5.74) is 3.00. The zero-order valence-electron chi connectivity index (χ0n) is 10.3. The van der Waals surface area contributed by atoms with Crippen molar-refractivity contribution in [1.82, 2.24) is 19.9 Å². The van der Waals surface area contributed by atoms with Crippen molar-refractivity contribution in [2.24, 2.45) is 0 Å². The molecule has 0 spiro atoms. The first-order valence-corrected chi connectivity index (χ1v) is 6.04. The Labute approximate surface area is 100 Å². The number of nitrogens with one attached hydrogen (secondary N) is 1. The Morgan fingerprint density at radius 1 is 1.12 bits per heavy atom. The van der Waals surface area contributed by atoms with E-state index >= 15 is 0 Å². The lowest BCUT2D eigenvalue weighted by atomic mass is 10.3. The molecular weight excluding hydrogens is 214 g/mol. The van der Waals surface area contributed by atoms with Crippen LogP contribution in [0.2, 0.25) is 0 Å².